The van der Waals surface area contributed by atoms with Gasteiger partial charge in [0.25, 0.3) is 0 Å². The lowest BCUT2D eigenvalue weighted by molar-refractivity contribution is 0.0521. The van der Waals surface area contributed by atoms with Crippen LogP contribution in [0.1, 0.15) is 35.0 Å². The molecule has 5 nitrogen and oxygen atoms in total. The highest BCUT2D eigenvalue weighted by Gasteiger charge is 2.21. The van der Waals surface area contributed by atoms with Crippen LogP contribution in [0.3, 0.4) is 0 Å². The van der Waals surface area contributed by atoms with E-state index in [1.165, 1.54) is 0 Å². The molecule has 0 fully saturated rings. The van der Waals surface area contributed by atoms with Gasteiger partial charge in [0.2, 0.25) is 0 Å². The third-order valence-electron chi connectivity index (χ3n) is 2.81. The number of carbonyl (C=O) groups excluding carboxylic acids is 1. The molecule has 7 heteroatoms. The minimum absolute atomic E-state index is 0.208. The molecule has 0 aliphatic heterocycles. The number of esters is 1. The summed E-state index contributed by atoms with van der Waals surface area (Å²) in [6.45, 7) is 4.66. The predicted molar refractivity (Wildman–Crippen MR) is 83.1 cm³/mol. The standard InChI is InChI=1S/C13H16BrN3O2S/c1-3-10-16-11(13(18)19-4-2)12(15)17(10)6-9-5-8(14)7-20-9/h5,7H,3-4,6,15H2,1-2H3. The molecule has 2 N–H and O–H groups in total. The van der Waals surface area contributed by atoms with Crippen LogP contribution in [0.15, 0.2) is 15.9 Å². The maximum absolute atomic E-state index is 11.8. The number of imidazole rings is 1. The Labute approximate surface area is 129 Å². The van der Waals surface area contributed by atoms with Crippen LogP contribution in [0.5, 0.6) is 0 Å². The number of thiophene rings is 1. The Balaban J connectivity index is 2.34. The van der Waals surface area contributed by atoms with E-state index in [9.17, 15) is 4.79 Å². The molecule has 2 aromatic rings. The summed E-state index contributed by atoms with van der Waals surface area (Å²) >= 11 is 5.06. The number of nitrogens with two attached hydrogens (primary N) is 1. The largest absolute Gasteiger partial charge is 0.461 e. The van der Waals surface area contributed by atoms with Crippen molar-refractivity contribution in [2.45, 2.75) is 26.8 Å². The molecule has 0 bridgehead atoms. The minimum atomic E-state index is -0.467. The molecule has 2 rings (SSSR count). The zero-order valence-corrected chi connectivity index (χ0v) is 13.8. The van der Waals surface area contributed by atoms with Gasteiger partial charge in [-0.2, -0.15) is 0 Å². The highest BCUT2D eigenvalue weighted by molar-refractivity contribution is 9.10. The number of nitrogen functional groups attached to an aromatic ring is 1. The minimum Gasteiger partial charge on any atom is -0.461 e. The van der Waals surface area contributed by atoms with Crippen molar-refractivity contribution in [3.63, 3.8) is 0 Å². The average Bonchev–Trinajstić information content (AvgIpc) is 2.96. The van der Waals surface area contributed by atoms with Crippen molar-refractivity contribution in [1.29, 1.82) is 0 Å². The van der Waals surface area contributed by atoms with Crippen molar-refractivity contribution < 1.29 is 9.53 Å². The summed E-state index contributed by atoms with van der Waals surface area (Å²) in [5.74, 6) is 0.686. The van der Waals surface area contributed by atoms with Gasteiger partial charge in [0.05, 0.1) is 13.2 Å². The van der Waals surface area contributed by atoms with Crippen LogP contribution in [0.25, 0.3) is 0 Å². The fourth-order valence-electron chi connectivity index (χ4n) is 1.90. The van der Waals surface area contributed by atoms with Gasteiger partial charge in [-0.1, -0.05) is 6.92 Å². The molecule has 0 aromatic carbocycles. The van der Waals surface area contributed by atoms with Crippen molar-refractivity contribution in [3.05, 3.63) is 32.3 Å². The smallest absolute Gasteiger partial charge is 0.360 e. The highest BCUT2D eigenvalue weighted by Crippen LogP contribution is 2.24. The normalized spacial score (nSPS) is 10.8. The van der Waals surface area contributed by atoms with Gasteiger partial charge in [-0.05, 0) is 28.9 Å². The van der Waals surface area contributed by atoms with Crippen molar-refractivity contribution in [2.24, 2.45) is 0 Å². The van der Waals surface area contributed by atoms with E-state index in [-0.39, 0.29) is 5.69 Å². The Morgan fingerprint density at radius 1 is 1.55 bits per heavy atom. The molecule has 0 aliphatic rings. The number of carbonyl (C=O) groups is 1. The number of anilines is 1. The molecule has 0 atom stereocenters. The lowest BCUT2D eigenvalue weighted by Crippen LogP contribution is -2.10. The van der Waals surface area contributed by atoms with E-state index in [1.807, 2.05) is 22.9 Å². The molecule has 108 valence electrons. The molecule has 0 spiro atoms. The van der Waals surface area contributed by atoms with Gasteiger partial charge in [0, 0.05) is 21.2 Å². The van der Waals surface area contributed by atoms with E-state index < -0.39 is 5.97 Å². The second kappa shape index (κ2) is 6.41. The van der Waals surface area contributed by atoms with Gasteiger partial charge in [-0.25, -0.2) is 9.78 Å². The van der Waals surface area contributed by atoms with E-state index in [2.05, 4.69) is 20.9 Å². The van der Waals surface area contributed by atoms with Gasteiger partial charge in [-0.15, -0.1) is 11.3 Å². The number of hydrogen-bond acceptors (Lipinski definition) is 5. The number of halogens is 1. The number of ether oxygens (including phenoxy) is 1. The van der Waals surface area contributed by atoms with E-state index in [0.717, 1.165) is 15.2 Å². The monoisotopic (exact) mass is 357 g/mol. The second-order valence-electron chi connectivity index (χ2n) is 4.15. The third-order valence-corrected chi connectivity index (χ3v) is 4.49. The predicted octanol–water partition coefficient (Wildman–Crippen LogP) is 3.08. The summed E-state index contributed by atoms with van der Waals surface area (Å²) in [5.41, 5.74) is 6.27. The van der Waals surface area contributed by atoms with Crippen molar-refractivity contribution in [1.82, 2.24) is 9.55 Å². The lowest BCUT2D eigenvalue weighted by atomic mass is 10.4. The van der Waals surface area contributed by atoms with Crippen LogP contribution in [0.2, 0.25) is 0 Å². The molecule has 20 heavy (non-hydrogen) atoms. The first-order valence-electron chi connectivity index (χ1n) is 6.31. The first-order chi connectivity index (χ1) is 9.56. The topological polar surface area (TPSA) is 70.1 Å². The van der Waals surface area contributed by atoms with Crippen LogP contribution >= 0.6 is 27.3 Å². The molecular formula is C13H16BrN3O2S. The van der Waals surface area contributed by atoms with Crippen LogP contribution in [0, 0.1) is 0 Å². The lowest BCUT2D eigenvalue weighted by Gasteiger charge is -2.07. The molecule has 0 unspecified atom stereocenters. The van der Waals surface area contributed by atoms with E-state index >= 15 is 0 Å². The van der Waals surface area contributed by atoms with Crippen LogP contribution in [-0.2, 0) is 17.7 Å². The van der Waals surface area contributed by atoms with Gasteiger partial charge in [0.1, 0.15) is 11.6 Å². The molecule has 0 radical (unpaired) electrons. The number of aromatic nitrogens is 2. The molecular weight excluding hydrogens is 342 g/mol. The Kier molecular flexibility index (Phi) is 4.82. The Morgan fingerprint density at radius 2 is 2.30 bits per heavy atom. The van der Waals surface area contributed by atoms with Crippen LogP contribution in [-0.4, -0.2) is 22.1 Å². The quantitative estimate of drug-likeness (QED) is 0.834. The molecule has 2 heterocycles. The maximum Gasteiger partial charge on any atom is 0.360 e. The fraction of sp³-hybridized carbons (Fsp3) is 0.385. The van der Waals surface area contributed by atoms with E-state index in [1.54, 1.807) is 18.3 Å². The van der Waals surface area contributed by atoms with Gasteiger partial charge in [-0.3, -0.25) is 0 Å². The highest BCUT2D eigenvalue weighted by atomic mass is 79.9. The summed E-state index contributed by atoms with van der Waals surface area (Å²) in [6.07, 6.45) is 0.705. The average molecular weight is 358 g/mol. The van der Waals surface area contributed by atoms with Crippen molar-refractivity contribution in [2.75, 3.05) is 12.3 Å². The van der Waals surface area contributed by atoms with Crippen molar-refractivity contribution >= 4 is 39.1 Å². The zero-order valence-electron chi connectivity index (χ0n) is 11.4. The van der Waals surface area contributed by atoms with Gasteiger partial charge in [0.15, 0.2) is 5.69 Å². The van der Waals surface area contributed by atoms with Crippen molar-refractivity contribution in [3.8, 4) is 0 Å². The SMILES string of the molecule is CCOC(=O)c1nc(CC)n(Cc2cc(Br)cs2)c1N. The first-order valence-corrected chi connectivity index (χ1v) is 7.99. The first kappa shape index (κ1) is 15.1. The Morgan fingerprint density at radius 3 is 2.85 bits per heavy atom. The van der Waals surface area contributed by atoms with Crippen LogP contribution in [0.4, 0.5) is 5.82 Å². The summed E-state index contributed by atoms with van der Waals surface area (Å²) in [4.78, 5) is 17.3. The summed E-state index contributed by atoms with van der Waals surface area (Å²) in [6, 6.07) is 2.04. The van der Waals surface area contributed by atoms with Crippen LogP contribution < -0.4 is 5.73 Å². The molecule has 0 aliphatic carbocycles. The Bertz CT molecular complexity index is 621. The summed E-state index contributed by atoms with van der Waals surface area (Å²) in [7, 11) is 0. The summed E-state index contributed by atoms with van der Waals surface area (Å²) in [5, 5.41) is 2.01. The van der Waals surface area contributed by atoms with Gasteiger partial charge >= 0.3 is 5.97 Å². The van der Waals surface area contributed by atoms with Gasteiger partial charge < -0.3 is 15.0 Å². The Hall–Kier alpha value is -1.34. The molecule has 0 saturated carbocycles. The molecule has 2 aromatic heterocycles. The number of hydrogen-bond donors (Lipinski definition) is 1. The maximum atomic E-state index is 11.8. The zero-order chi connectivity index (χ0) is 14.7. The fourth-order valence-corrected chi connectivity index (χ4v) is 3.34. The number of rotatable bonds is 5. The molecule has 0 amide bonds. The number of aryl methyl sites for hydroxylation is 1. The second-order valence-corrected chi connectivity index (χ2v) is 6.06. The molecule has 0 saturated heterocycles. The number of nitrogens with zero attached hydrogens (tertiary/aromatic N) is 2. The van der Waals surface area contributed by atoms with E-state index in [4.69, 9.17) is 10.5 Å². The van der Waals surface area contributed by atoms with E-state index in [0.29, 0.717) is 25.4 Å². The third kappa shape index (κ3) is 3.04. The summed E-state index contributed by atoms with van der Waals surface area (Å²) < 4.78 is 7.88.